The average Bonchev–Trinajstić information content (AvgIpc) is 1.36. The second-order valence-corrected chi connectivity index (χ2v) is 4.41. The van der Waals surface area contributed by atoms with Crippen LogP contribution in [0.25, 0.3) is 0 Å². The third-order valence-corrected chi connectivity index (χ3v) is 3.21. The molecule has 0 aliphatic rings. The molecule has 0 amide bonds. The molecule has 0 saturated carbocycles. The lowest BCUT2D eigenvalue weighted by Gasteiger charge is -1.70. The first-order chi connectivity index (χ1) is 2.64. The van der Waals surface area contributed by atoms with Crippen LogP contribution in [0.15, 0.2) is 0 Å². The van der Waals surface area contributed by atoms with E-state index < -0.39 is 14.1 Å². The molecule has 0 rings (SSSR count). The largest absolute Gasteiger partial charge is 0.333 e. The smallest absolute Gasteiger partial charge is 0.224 e. The van der Waals surface area contributed by atoms with Crippen molar-refractivity contribution in [1.82, 2.24) is 0 Å². The van der Waals surface area contributed by atoms with Crippen LogP contribution < -0.4 is 0 Å². The topological polar surface area (TPSA) is 17.1 Å². The minimum absolute atomic E-state index is 0.472. The first-order valence-electron chi connectivity index (χ1n) is 1.69. The second-order valence-electron chi connectivity index (χ2n) is 0.569. The standard InChI is InChI=1S/BH6OP3/c2-5(4)1-3/h1,5H,3-4H2/i1D. The van der Waals surface area contributed by atoms with E-state index in [-0.39, 0.29) is 0 Å². The molecule has 0 aliphatic heterocycles. The fourth-order valence-electron chi connectivity index (χ4n) is 0. The van der Waals surface area contributed by atoms with Crippen LogP contribution in [-0.4, -0.2) is 8.02 Å². The van der Waals surface area contributed by atoms with Gasteiger partial charge < -0.3 is 4.57 Å². The van der Waals surface area contributed by atoms with Crippen molar-refractivity contribution in [2.24, 2.45) is 0 Å². The molecule has 0 heterocycles. The molecule has 5 heavy (non-hydrogen) atoms. The zero-order valence-corrected chi connectivity index (χ0v) is 5.95. The fraction of sp³-hybridized carbons (Fsp3) is 0. The Balaban J connectivity index is 3.26. The Morgan fingerprint density at radius 1 is 2.20 bits per heavy atom. The SMILES string of the molecule is [2H]B(P)[PH](=O)P. The van der Waals surface area contributed by atoms with Crippen LogP contribution in [0.5, 0.6) is 0 Å². The van der Waals surface area contributed by atoms with Crippen LogP contribution in [0.4, 0.5) is 0 Å². The molecular formula is H6BOP3. The molecule has 0 aromatic carbocycles. The number of hydrogen-bond acceptors (Lipinski definition) is 1. The summed E-state index contributed by atoms with van der Waals surface area (Å²) in [4.78, 5) is 0. The van der Waals surface area contributed by atoms with Crippen LogP contribution in [0, 0.1) is 0 Å². The van der Waals surface area contributed by atoms with Crippen LogP contribution >= 0.6 is 25.4 Å². The maximum Gasteiger partial charge on any atom is 0.224 e. The van der Waals surface area contributed by atoms with E-state index in [1.165, 1.54) is 0 Å². The third-order valence-electron chi connectivity index (χ3n) is 0.164. The Bertz CT molecular complexity index is 61.8. The Morgan fingerprint density at radius 2 is 2.40 bits per heavy atom. The maximum atomic E-state index is 10.1. The summed E-state index contributed by atoms with van der Waals surface area (Å²) in [6.45, 7) is -0.472. The van der Waals surface area contributed by atoms with Gasteiger partial charge in [-0.3, -0.25) is 0 Å². The van der Waals surface area contributed by atoms with Gasteiger partial charge in [-0.15, -0.1) is 0 Å². The van der Waals surface area contributed by atoms with Gasteiger partial charge in [0.1, 0.15) is 0 Å². The molecule has 30 valence electrons. The molecule has 0 saturated heterocycles. The third kappa shape index (κ3) is 5.15. The summed E-state index contributed by atoms with van der Waals surface area (Å²) < 4.78 is 16.8. The molecule has 0 radical (unpaired) electrons. The summed E-state index contributed by atoms with van der Waals surface area (Å²) in [5, 5.41) is 0. The summed E-state index contributed by atoms with van der Waals surface area (Å²) in [6.07, 6.45) is 0. The zero-order chi connectivity index (χ0) is 5.15. The van der Waals surface area contributed by atoms with Crippen molar-refractivity contribution >= 4 is 32.1 Å². The minimum Gasteiger partial charge on any atom is -0.333 e. The fourth-order valence-corrected chi connectivity index (χ4v) is 0. The van der Waals surface area contributed by atoms with Gasteiger partial charge in [0, 0.05) is 0 Å². The van der Waals surface area contributed by atoms with Crippen LogP contribution in [-0.2, 0) is 4.57 Å². The molecule has 0 aromatic heterocycles. The van der Waals surface area contributed by atoms with E-state index >= 15 is 0 Å². The Kier molecular flexibility index (Phi) is 2.89. The van der Waals surface area contributed by atoms with Gasteiger partial charge >= 0.3 is 0 Å². The molecule has 0 bridgehead atoms. The lowest BCUT2D eigenvalue weighted by Crippen LogP contribution is -1.46. The highest BCUT2D eigenvalue weighted by Crippen LogP contribution is 2.28. The monoisotopic (exact) mass is 127 g/mol. The van der Waals surface area contributed by atoms with Gasteiger partial charge in [-0.05, 0) is 1.34 Å². The van der Waals surface area contributed by atoms with E-state index in [0.29, 0.717) is 0 Å². The lowest BCUT2D eigenvalue weighted by molar-refractivity contribution is 0.603. The molecule has 0 N–H and O–H groups in total. The number of rotatable bonds is 1. The highest BCUT2D eigenvalue weighted by Gasteiger charge is 1.79. The molecule has 3 unspecified atom stereocenters. The van der Waals surface area contributed by atoms with Gasteiger partial charge in [0.15, 0.2) is 0 Å². The van der Waals surface area contributed by atoms with Crippen LogP contribution in [0.2, 0.25) is 0 Å². The summed E-state index contributed by atoms with van der Waals surface area (Å²) >= 11 is 0. The summed E-state index contributed by atoms with van der Waals surface area (Å²) in [7, 11) is 2.61. The Labute approximate surface area is 38.9 Å². The van der Waals surface area contributed by atoms with Crippen molar-refractivity contribution in [1.29, 1.82) is 1.34 Å². The van der Waals surface area contributed by atoms with Gasteiger partial charge in [-0.1, -0.05) is 8.93 Å². The van der Waals surface area contributed by atoms with Gasteiger partial charge in [0.25, 0.3) is 0 Å². The molecule has 0 spiro atoms. The van der Waals surface area contributed by atoms with E-state index in [2.05, 4.69) is 18.0 Å². The van der Waals surface area contributed by atoms with Crippen molar-refractivity contribution < 1.29 is 4.57 Å². The average molecular weight is 127 g/mol. The second kappa shape index (κ2) is 3.35. The Hall–Kier alpha value is 1.15. The van der Waals surface area contributed by atoms with Crippen molar-refractivity contribution in [2.45, 2.75) is 0 Å². The van der Waals surface area contributed by atoms with E-state index in [4.69, 9.17) is 1.34 Å². The molecule has 1 nitrogen and oxygen atoms in total. The van der Waals surface area contributed by atoms with Crippen molar-refractivity contribution in [3.8, 4) is 0 Å². The minimum atomic E-state index is -1.66. The lowest BCUT2D eigenvalue weighted by atomic mass is 10.7. The zero-order valence-electron chi connectivity index (χ0n) is 3.64. The molecule has 0 aromatic rings. The molecular weight excluding hydrogens is 120 g/mol. The predicted octanol–water partition coefficient (Wildman–Crippen LogP) is 0.478. The van der Waals surface area contributed by atoms with Gasteiger partial charge in [-0.25, -0.2) is 0 Å². The first-order valence-corrected chi connectivity index (χ1v) is 5.08. The summed E-state index contributed by atoms with van der Waals surface area (Å²) in [6, 6.07) is 0. The quantitative estimate of drug-likeness (QED) is 0.369. The normalized spacial score (nSPS) is 16.8. The predicted molar refractivity (Wildman–Crippen MR) is 35.6 cm³/mol. The highest BCUT2D eigenvalue weighted by molar-refractivity contribution is 8.28. The molecule has 3 atom stereocenters. The van der Waals surface area contributed by atoms with Crippen molar-refractivity contribution in [3.05, 3.63) is 0 Å². The molecule has 5 heteroatoms. The summed E-state index contributed by atoms with van der Waals surface area (Å²) in [5.41, 5.74) is 0. The van der Waals surface area contributed by atoms with Crippen LogP contribution in [0.1, 0.15) is 0 Å². The van der Waals surface area contributed by atoms with Crippen molar-refractivity contribution in [3.63, 3.8) is 0 Å². The first kappa shape index (κ1) is 4.32. The van der Waals surface area contributed by atoms with E-state index in [9.17, 15) is 4.57 Å². The van der Waals surface area contributed by atoms with Gasteiger partial charge in [0.2, 0.25) is 6.68 Å². The maximum absolute atomic E-state index is 10.1. The molecule has 0 fully saturated rings. The molecule has 0 aliphatic carbocycles. The number of hydrogen-bond donors (Lipinski definition) is 0. The van der Waals surface area contributed by atoms with E-state index in [0.717, 1.165) is 0 Å². The Morgan fingerprint density at radius 3 is 2.40 bits per heavy atom. The van der Waals surface area contributed by atoms with E-state index in [1.54, 1.807) is 0 Å². The van der Waals surface area contributed by atoms with E-state index in [1.807, 2.05) is 0 Å². The van der Waals surface area contributed by atoms with Gasteiger partial charge in [-0.2, -0.15) is 9.12 Å². The van der Waals surface area contributed by atoms with Crippen molar-refractivity contribution in [2.75, 3.05) is 0 Å². The highest BCUT2D eigenvalue weighted by atomic mass is 32.0. The summed E-state index contributed by atoms with van der Waals surface area (Å²) in [5.74, 6) is 0. The van der Waals surface area contributed by atoms with Crippen LogP contribution in [0.3, 0.4) is 0 Å². The van der Waals surface area contributed by atoms with Gasteiger partial charge in [0.05, 0.1) is 7.37 Å².